The van der Waals surface area contributed by atoms with Crippen LogP contribution in [0.5, 0.6) is 11.5 Å². The van der Waals surface area contributed by atoms with Crippen LogP contribution in [-0.2, 0) is 25.7 Å². The summed E-state index contributed by atoms with van der Waals surface area (Å²) in [5.41, 5.74) is 2.30. The molecule has 0 radical (unpaired) electrons. The molecule has 0 bridgehead atoms. The highest BCUT2D eigenvalue weighted by Gasteiger charge is 2.24. The number of ether oxygens (including phenoxy) is 4. The van der Waals surface area contributed by atoms with E-state index < -0.39 is 42.1 Å². The van der Waals surface area contributed by atoms with Crippen LogP contribution in [0.1, 0.15) is 49.5 Å². The van der Waals surface area contributed by atoms with E-state index in [9.17, 15) is 19.2 Å². The van der Waals surface area contributed by atoms with Crippen LogP contribution in [0.2, 0.25) is 0 Å². The number of nitrogens with one attached hydrogen (secondary N) is 3. The number of hydrogen-bond acceptors (Lipinski definition) is 8. The van der Waals surface area contributed by atoms with Crippen LogP contribution in [-0.4, -0.2) is 55.3 Å². The zero-order chi connectivity index (χ0) is 42.5. The fourth-order valence-corrected chi connectivity index (χ4v) is 6.63. The SMILES string of the molecule is C=CCOc1ccc2ccccc2c1-c1c(OCC(=O)N[C@H](CCCNC(=O)OC(C)(C)C)C(=O)Nc2cccc(C(=O)OCc3ccccc3)c2)ccc2ccccc12. The number of anilines is 1. The van der Waals surface area contributed by atoms with Crippen molar-refractivity contribution >= 4 is 51.1 Å². The number of hydrogen-bond donors (Lipinski definition) is 3. The van der Waals surface area contributed by atoms with Gasteiger partial charge in [0.2, 0.25) is 5.91 Å². The van der Waals surface area contributed by atoms with E-state index in [1.54, 1.807) is 45.0 Å². The normalized spacial score (nSPS) is 11.6. The summed E-state index contributed by atoms with van der Waals surface area (Å²) in [7, 11) is 0. The van der Waals surface area contributed by atoms with E-state index in [0.29, 0.717) is 23.6 Å². The maximum absolute atomic E-state index is 13.8. The van der Waals surface area contributed by atoms with Crippen molar-refractivity contribution < 1.29 is 38.1 Å². The van der Waals surface area contributed by atoms with Gasteiger partial charge < -0.3 is 34.9 Å². The minimum Gasteiger partial charge on any atom is -0.489 e. The molecule has 0 unspecified atom stereocenters. The summed E-state index contributed by atoms with van der Waals surface area (Å²) in [6, 6.07) is 38.2. The highest BCUT2D eigenvalue weighted by molar-refractivity contribution is 6.10. The molecule has 3 amide bonds. The van der Waals surface area contributed by atoms with E-state index in [-0.39, 0.29) is 31.7 Å². The predicted molar refractivity (Wildman–Crippen MR) is 234 cm³/mol. The Morgan fingerprint density at radius 2 is 1.37 bits per heavy atom. The summed E-state index contributed by atoms with van der Waals surface area (Å²) in [4.78, 5) is 52.8. The Morgan fingerprint density at radius 1 is 0.733 bits per heavy atom. The average molecular weight is 808 g/mol. The van der Waals surface area contributed by atoms with Crippen molar-refractivity contribution in [3.05, 3.63) is 151 Å². The van der Waals surface area contributed by atoms with Crippen LogP contribution in [0.15, 0.2) is 140 Å². The van der Waals surface area contributed by atoms with Gasteiger partial charge in [0.05, 0.1) is 5.56 Å². The lowest BCUT2D eigenvalue weighted by Crippen LogP contribution is -2.46. The Bertz CT molecular complexity index is 2480. The van der Waals surface area contributed by atoms with Crippen LogP contribution >= 0.6 is 0 Å². The third-order valence-electron chi connectivity index (χ3n) is 9.32. The second-order valence-corrected chi connectivity index (χ2v) is 15.0. The zero-order valence-electron chi connectivity index (χ0n) is 34.0. The van der Waals surface area contributed by atoms with Crippen LogP contribution < -0.4 is 25.4 Å². The largest absolute Gasteiger partial charge is 0.489 e. The minimum atomic E-state index is -1.04. The highest BCUT2D eigenvalue weighted by atomic mass is 16.6. The monoisotopic (exact) mass is 807 g/mol. The number of carbonyl (C=O) groups is 4. The smallest absolute Gasteiger partial charge is 0.407 e. The number of fused-ring (bicyclic) bond motifs is 2. The van der Waals surface area contributed by atoms with Crippen LogP contribution in [0, 0.1) is 0 Å². The van der Waals surface area contributed by atoms with Gasteiger partial charge in [-0.15, -0.1) is 0 Å². The number of esters is 1. The number of amides is 3. The summed E-state index contributed by atoms with van der Waals surface area (Å²) >= 11 is 0. The predicted octanol–water partition coefficient (Wildman–Crippen LogP) is 9.39. The van der Waals surface area contributed by atoms with Gasteiger partial charge in [-0.25, -0.2) is 9.59 Å². The van der Waals surface area contributed by atoms with Crippen LogP contribution in [0.25, 0.3) is 32.7 Å². The lowest BCUT2D eigenvalue weighted by molar-refractivity contribution is -0.128. The Hall–Kier alpha value is -7.14. The van der Waals surface area contributed by atoms with Gasteiger partial charge in [-0.05, 0) is 91.1 Å². The molecule has 0 spiro atoms. The van der Waals surface area contributed by atoms with E-state index in [1.165, 1.54) is 6.07 Å². The third-order valence-corrected chi connectivity index (χ3v) is 9.32. The summed E-state index contributed by atoms with van der Waals surface area (Å²) in [5.74, 6) is -0.553. The van der Waals surface area contributed by atoms with Gasteiger partial charge in [-0.3, -0.25) is 9.59 Å². The molecule has 0 saturated heterocycles. The molecule has 0 fully saturated rings. The summed E-state index contributed by atoms with van der Waals surface area (Å²) < 4.78 is 23.3. The average Bonchev–Trinajstić information content (AvgIpc) is 3.24. The molecule has 60 heavy (non-hydrogen) atoms. The molecule has 0 heterocycles. The van der Waals surface area contributed by atoms with Crippen molar-refractivity contribution in [1.82, 2.24) is 10.6 Å². The minimum absolute atomic E-state index is 0.0939. The molecule has 3 N–H and O–H groups in total. The zero-order valence-corrected chi connectivity index (χ0v) is 34.0. The standard InChI is InChI=1S/C49H49N3O8/c1-5-29-57-41-26-24-34-17-9-11-21-38(34)44(41)45-39-22-12-10-18-35(39)25-27-42(45)58-32-43(53)52-40(23-14-28-50-48(56)60-49(2,3)4)46(54)51-37-20-13-19-36(30-37)47(55)59-31-33-15-7-6-8-16-33/h5-13,15-22,24-27,30,40H,1,14,23,28-29,31-32H2,2-4H3,(H,50,56)(H,51,54)(H,52,53)/t40-/m1/s1. The van der Waals surface area contributed by atoms with E-state index in [1.807, 2.05) is 103 Å². The van der Waals surface area contributed by atoms with E-state index in [4.69, 9.17) is 18.9 Å². The van der Waals surface area contributed by atoms with Gasteiger partial charge in [0.15, 0.2) is 6.61 Å². The number of alkyl carbamates (subject to hydrolysis) is 1. The molecule has 0 aliphatic rings. The molecule has 6 aromatic rings. The fraction of sp³-hybridized carbons (Fsp3) is 0.224. The molecule has 11 heteroatoms. The van der Waals surface area contributed by atoms with Crippen molar-refractivity contribution in [3.8, 4) is 22.6 Å². The Kier molecular flexibility index (Phi) is 14.2. The Morgan fingerprint density at radius 3 is 2.02 bits per heavy atom. The first kappa shape index (κ1) is 42.5. The molecule has 0 aliphatic heterocycles. The van der Waals surface area contributed by atoms with E-state index in [2.05, 4.69) is 22.5 Å². The quantitative estimate of drug-likeness (QED) is 0.0471. The fourth-order valence-electron chi connectivity index (χ4n) is 6.63. The molecule has 1 atom stereocenters. The first-order valence-electron chi connectivity index (χ1n) is 19.8. The van der Waals surface area contributed by atoms with Crippen molar-refractivity contribution in [2.24, 2.45) is 0 Å². The van der Waals surface area contributed by atoms with Gasteiger partial charge in [0, 0.05) is 23.4 Å². The van der Waals surface area contributed by atoms with Crippen molar-refractivity contribution in [1.29, 1.82) is 0 Å². The molecule has 11 nitrogen and oxygen atoms in total. The number of carbonyl (C=O) groups excluding carboxylic acids is 4. The van der Waals surface area contributed by atoms with Gasteiger partial charge in [0.25, 0.3) is 5.91 Å². The van der Waals surface area contributed by atoms with Crippen LogP contribution in [0.3, 0.4) is 0 Å². The van der Waals surface area contributed by atoms with Crippen molar-refractivity contribution in [2.45, 2.75) is 51.9 Å². The molecule has 0 saturated carbocycles. The van der Waals surface area contributed by atoms with Gasteiger partial charge in [-0.1, -0.05) is 110 Å². The highest BCUT2D eigenvalue weighted by Crippen LogP contribution is 2.45. The molecule has 0 aromatic heterocycles. The topological polar surface area (TPSA) is 141 Å². The summed E-state index contributed by atoms with van der Waals surface area (Å²) in [6.07, 6.45) is 1.58. The second kappa shape index (κ2) is 20.0. The number of benzene rings is 6. The summed E-state index contributed by atoms with van der Waals surface area (Å²) in [6.45, 7) is 9.27. The lowest BCUT2D eigenvalue weighted by atomic mass is 9.92. The van der Waals surface area contributed by atoms with E-state index >= 15 is 0 Å². The van der Waals surface area contributed by atoms with E-state index in [0.717, 1.165) is 38.2 Å². The van der Waals surface area contributed by atoms with Gasteiger partial charge in [0.1, 0.15) is 36.4 Å². The first-order valence-corrected chi connectivity index (χ1v) is 19.8. The maximum Gasteiger partial charge on any atom is 0.407 e. The molecule has 308 valence electrons. The summed E-state index contributed by atoms with van der Waals surface area (Å²) in [5, 5.41) is 12.2. The molecule has 6 aromatic carbocycles. The van der Waals surface area contributed by atoms with Crippen LogP contribution in [0.4, 0.5) is 10.5 Å². The molecular weight excluding hydrogens is 759 g/mol. The maximum atomic E-state index is 13.8. The Labute approximate surface area is 349 Å². The third kappa shape index (κ3) is 11.5. The molecule has 0 aliphatic carbocycles. The van der Waals surface area contributed by atoms with Gasteiger partial charge >= 0.3 is 12.1 Å². The number of rotatable bonds is 17. The van der Waals surface area contributed by atoms with Crippen molar-refractivity contribution in [3.63, 3.8) is 0 Å². The van der Waals surface area contributed by atoms with Gasteiger partial charge in [-0.2, -0.15) is 0 Å². The molecule has 6 rings (SSSR count). The van der Waals surface area contributed by atoms with Crippen molar-refractivity contribution in [2.75, 3.05) is 25.1 Å². The Balaban J connectivity index is 1.21. The lowest BCUT2D eigenvalue weighted by Gasteiger charge is -2.21. The second-order valence-electron chi connectivity index (χ2n) is 15.0. The molecular formula is C49H49N3O8. The first-order chi connectivity index (χ1) is 29.0.